The number of alkyl halides is 1. The van der Waals surface area contributed by atoms with Crippen LogP contribution in [0.5, 0.6) is 0 Å². The van der Waals surface area contributed by atoms with Crippen molar-refractivity contribution in [3.63, 3.8) is 0 Å². The third-order valence-corrected chi connectivity index (χ3v) is 2.34. The van der Waals surface area contributed by atoms with Crippen molar-refractivity contribution >= 4 is 11.6 Å². The summed E-state index contributed by atoms with van der Waals surface area (Å²) in [6.45, 7) is 0.809. The van der Waals surface area contributed by atoms with Gasteiger partial charge in [-0.05, 0) is 5.56 Å². The summed E-state index contributed by atoms with van der Waals surface area (Å²) in [4.78, 5) is 0. The number of benzene rings is 1. The number of hydrogen-bond acceptors (Lipinski definition) is 1. The highest BCUT2D eigenvalue weighted by Gasteiger charge is 2.31. The van der Waals surface area contributed by atoms with Crippen molar-refractivity contribution < 1.29 is 4.74 Å². The lowest BCUT2D eigenvalue weighted by Crippen LogP contribution is -1.97. The topological polar surface area (TPSA) is 12.5 Å². The van der Waals surface area contributed by atoms with Gasteiger partial charge in [0.2, 0.25) is 0 Å². The number of epoxide rings is 1. The first-order valence-electron chi connectivity index (χ1n) is 3.68. The summed E-state index contributed by atoms with van der Waals surface area (Å²) in [5, 5.41) is 0.0381. The third-order valence-electron chi connectivity index (χ3n) is 1.80. The molecule has 11 heavy (non-hydrogen) atoms. The van der Waals surface area contributed by atoms with Gasteiger partial charge >= 0.3 is 0 Å². The fraction of sp³-hybridized carbons (Fsp3) is 0.333. The maximum Gasteiger partial charge on any atom is 0.101 e. The number of rotatable bonds is 2. The molecule has 0 N–H and O–H groups in total. The number of ether oxygens (including phenoxy) is 1. The van der Waals surface area contributed by atoms with Crippen LogP contribution in [0.1, 0.15) is 10.9 Å². The van der Waals surface area contributed by atoms with Crippen molar-refractivity contribution in [1.82, 2.24) is 0 Å². The Morgan fingerprint density at radius 1 is 1.36 bits per heavy atom. The first kappa shape index (κ1) is 7.14. The van der Waals surface area contributed by atoms with E-state index in [0.717, 1.165) is 12.2 Å². The van der Waals surface area contributed by atoms with Crippen LogP contribution in [0.25, 0.3) is 0 Å². The standard InChI is InChI=1S/C9H9ClO/c10-9(8-6-11-8)7-4-2-1-3-5-7/h1-5,8-9H,6H2/t8-,9-/m1/s1. The zero-order chi connectivity index (χ0) is 7.68. The normalized spacial score (nSPS) is 24.6. The molecule has 2 rings (SSSR count). The van der Waals surface area contributed by atoms with Gasteiger partial charge < -0.3 is 4.74 Å². The first-order chi connectivity index (χ1) is 5.38. The van der Waals surface area contributed by atoms with E-state index in [0.29, 0.717) is 0 Å². The molecule has 2 heteroatoms. The molecular weight excluding hydrogens is 160 g/mol. The maximum atomic E-state index is 6.08. The van der Waals surface area contributed by atoms with Gasteiger partial charge in [0.05, 0.1) is 12.0 Å². The fourth-order valence-electron chi connectivity index (χ4n) is 1.08. The Balaban J connectivity index is 2.15. The Kier molecular flexibility index (Phi) is 1.84. The van der Waals surface area contributed by atoms with E-state index >= 15 is 0 Å². The molecule has 58 valence electrons. The third kappa shape index (κ3) is 1.55. The molecule has 1 aromatic carbocycles. The van der Waals surface area contributed by atoms with Crippen molar-refractivity contribution in [1.29, 1.82) is 0 Å². The van der Waals surface area contributed by atoms with Gasteiger partial charge in [-0.2, -0.15) is 0 Å². The van der Waals surface area contributed by atoms with Gasteiger partial charge in [0.1, 0.15) is 6.10 Å². The van der Waals surface area contributed by atoms with Crippen molar-refractivity contribution in [2.45, 2.75) is 11.5 Å². The molecule has 1 aliphatic heterocycles. The molecule has 1 aliphatic rings. The van der Waals surface area contributed by atoms with Crippen LogP contribution in [0, 0.1) is 0 Å². The average Bonchev–Trinajstić information content (AvgIpc) is 2.87. The van der Waals surface area contributed by atoms with Gasteiger partial charge in [0.15, 0.2) is 0 Å². The minimum atomic E-state index is 0.0381. The van der Waals surface area contributed by atoms with Gasteiger partial charge in [0, 0.05) is 0 Å². The lowest BCUT2D eigenvalue weighted by atomic mass is 10.1. The summed E-state index contributed by atoms with van der Waals surface area (Å²) in [5.41, 5.74) is 1.15. The number of halogens is 1. The van der Waals surface area contributed by atoms with E-state index in [1.807, 2.05) is 30.3 Å². The van der Waals surface area contributed by atoms with Crippen LogP contribution in [-0.4, -0.2) is 12.7 Å². The van der Waals surface area contributed by atoms with Gasteiger partial charge in [0.25, 0.3) is 0 Å². The van der Waals surface area contributed by atoms with Gasteiger partial charge in [-0.3, -0.25) is 0 Å². The second-order valence-corrected chi connectivity index (χ2v) is 3.15. The van der Waals surface area contributed by atoms with Crippen LogP contribution in [-0.2, 0) is 4.74 Å². The quantitative estimate of drug-likeness (QED) is 0.488. The molecule has 0 saturated carbocycles. The Morgan fingerprint density at radius 3 is 2.55 bits per heavy atom. The van der Waals surface area contributed by atoms with E-state index in [1.165, 1.54) is 0 Å². The smallest absolute Gasteiger partial charge is 0.101 e. The highest BCUT2D eigenvalue weighted by atomic mass is 35.5. The average molecular weight is 169 g/mol. The second-order valence-electron chi connectivity index (χ2n) is 2.68. The summed E-state index contributed by atoms with van der Waals surface area (Å²) in [6, 6.07) is 10.0. The Bertz CT molecular complexity index is 231. The zero-order valence-electron chi connectivity index (χ0n) is 6.03. The van der Waals surface area contributed by atoms with Crippen LogP contribution in [0.3, 0.4) is 0 Å². The minimum Gasteiger partial charge on any atom is -0.371 e. The molecule has 1 fully saturated rings. The molecule has 2 atom stereocenters. The maximum absolute atomic E-state index is 6.08. The Labute approximate surface area is 70.9 Å². The molecule has 0 unspecified atom stereocenters. The van der Waals surface area contributed by atoms with Crippen molar-refractivity contribution in [2.24, 2.45) is 0 Å². The summed E-state index contributed by atoms with van der Waals surface area (Å²) in [6.07, 6.45) is 0.249. The van der Waals surface area contributed by atoms with E-state index in [4.69, 9.17) is 16.3 Å². The zero-order valence-corrected chi connectivity index (χ0v) is 6.79. The Hall–Kier alpha value is -0.530. The summed E-state index contributed by atoms with van der Waals surface area (Å²) < 4.78 is 5.09. The molecule has 1 heterocycles. The molecule has 0 aromatic heterocycles. The minimum absolute atomic E-state index is 0.0381. The summed E-state index contributed by atoms with van der Waals surface area (Å²) in [7, 11) is 0. The lowest BCUT2D eigenvalue weighted by molar-refractivity contribution is 0.403. The van der Waals surface area contributed by atoms with E-state index in [2.05, 4.69) is 0 Å². The molecule has 1 aromatic rings. The second kappa shape index (κ2) is 2.84. The summed E-state index contributed by atoms with van der Waals surface area (Å²) >= 11 is 6.08. The molecule has 1 saturated heterocycles. The van der Waals surface area contributed by atoms with Crippen LogP contribution in [0.15, 0.2) is 30.3 Å². The predicted octanol–water partition coefficient (Wildman–Crippen LogP) is 2.37. The predicted molar refractivity (Wildman–Crippen MR) is 44.8 cm³/mol. The van der Waals surface area contributed by atoms with E-state index < -0.39 is 0 Å². The van der Waals surface area contributed by atoms with E-state index in [1.54, 1.807) is 0 Å². The van der Waals surface area contributed by atoms with E-state index in [9.17, 15) is 0 Å². The fourth-order valence-corrected chi connectivity index (χ4v) is 1.37. The summed E-state index contributed by atoms with van der Waals surface area (Å²) in [5.74, 6) is 0. The van der Waals surface area contributed by atoms with Crippen molar-refractivity contribution in [3.8, 4) is 0 Å². The highest BCUT2D eigenvalue weighted by molar-refractivity contribution is 6.21. The molecule has 0 bridgehead atoms. The van der Waals surface area contributed by atoms with Crippen molar-refractivity contribution in [3.05, 3.63) is 35.9 Å². The first-order valence-corrected chi connectivity index (χ1v) is 4.12. The molecule has 0 spiro atoms. The van der Waals surface area contributed by atoms with Crippen LogP contribution in [0.2, 0.25) is 0 Å². The van der Waals surface area contributed by atoms with Crippen molar-refractivity contribution in [2.75, 3.05) is 6.61 Å². The largest absolute Gasteiger partial charge is 0.371 e. The van der Waals surface area contributed by atoms with Gasteiger partial charge in [-0.1, -0.05) is 30.3 Å². The molecular formula is C9H9ClO. The molecule has 0 aliphatic carbocycles. The molecule has 0 radical (unpaired) electrons. The Morgan fingerprint density at radius 2 is 2.00 bits per heavy atom. The molecule has 1 nitrogen and oxygen atoms in total. The highest BCUT2D eigenvalue weighted by Crippen LogP contribution is 2.32. The van der Waals surface area contributed by atoms with Gasteiger partial charge in [-0.15, -0.1) is 11.6 Å². The van der Waals surface area contributed by atoms with Crippen LogP contribution < -0.4 is 0 Å². The number of hydrogen-bond donors (Lipinski definition) is 0. The molecule has 0 amide bonds. The lowest BCUT2D eigenvalue weighted by Gasteiger charge is -2.04. The SMILES string of the molecule is Cl[C@H](c1ccccc1)[C@H]1CO1. The van der Waals surface area contributed by atoms with Gasteiger partial charge in [-0.25, -0.2) is 0 Å². The monoisotopic (exact) mass is 168 g/mol. The van der Waals surface area contributed by atoms with Crippen LogP contribution in [0.4, 0.5) is 0 Å². The van der Waals surface area contributed by atoms with E-state index in [-0.39, 0.29) is 11.5 Å². The van der Waals surface area contributed by atoms with Crippen LogP contribution >= 0.6 is 11.6 Å².